The van der Waals surface area contributed by atoms with E-state index in [0.717, 1.165) is 19.2 Å². The van der Waals surface area contributed by atoms with Crippen LogP contribution >= 0.6 is 11.6 Å². The number of hydrogen-bond acceptors (Lipinski definition) is 4. The Labute approximate surface area is 145 Å². The first-order valence-corrected chi connectivity index (χ1v) is 8.12. The Morgan fingerprint density at radius 1 is 1.38 bits per heavy atom. The standard InChI is InChI=1S/C16H21ClFN3O3/c1-24-9-8-21(11-15(22)20-6-4-19-5-7-20)16(23)12-2-3-14(18)13(17)10-12/h2-3,10,19H,4-9,11H2,1H3. The van der Waals surface area contributed by atoms with Crippen molar-refractivity contribution in [1.29, 1.82) is 0 Å². The van der Waals surface area contributed by atoms with E-state index in [1.54, 1.807) is 4.90 Å². The molecule has 1 aromatic rings. The fraction of sp³-hybridized carbons (Fsp3) is 0.500. The molecule has 0 aliphatic carbocycles. The molecule has 1 aromatic carbocycles. The summed E-state index contributed by atoms with van der Waals surface area (Å²) >= 11 is 5.74. The molecular formula is C16H21ClFN3O3. The minimum atomic E-state index is -0.589. The van der Waals surface area contributed by atoms with Gasteiger partial charge in [-0.1, -0.05) is 11.6 Å². The lowest BCUT2D eigenvalue weighted by Crippen LogP contribution is -2.50. The fourth-order valence-corrected chi connectivity index (χ4v) is 2.62. The number of hydrogen-bond donors (Lipinski definition) is 1. The van der Waals surface area contributed by atoms with Gasteiger partial charge in [-0.05, 0) is 18.2 Å². The lowest BCUT2D eigenvalue weighted by atomic mass is 10.2. The Bertz CT molecular complexity index is 594. The van der Waals surface area contributed by atoms with Crippen LogP contribution in [0.3, 0.4) is 0 Å². The number of rotatable bonds is 6. The van der Waals surface area contributed by atoms with Gasteiger partial charge in [0.2, 0.25) is 5.91 Å². The Kier molecular flexibility index (Phi) is 6.96. The zero-order chi connectivity index (χ0) is 17.5. The van der Waals surface area contributed by atoms with Crippen LogP contribution in [0.2, 0.25) is 5.02 Å². The van der Waals surface area contributed by atoms with E-state index in [1.807, 2.05) is 0 Å². The van der Waals surface area contributed by atoms with E-state index < -0.39 is 5.82 Å². The number of ether oxygens (including phenoxy) is 1. The Hall–Kier alpha value is -1.70. The topological polar surface area (TPSA) is 61.9 Å². The van der Waals surface area contributed by atoms with Gasteiger partial charge >= 0.3 is 0 Å². The van der Waals surface area contributed by atoms with Crippen LogP contribution in [0.1, 0.15) is 10.4 Å². The molecule has 2 rings (SSSR count). The summed E-state index contributed by atoms with van der Waals surface area (Å²) in [5.74, 6) is -1.08. The summed E-state index contributed by atoms with van der Waals surface area (Å²) in [5, 5.41) is 3.05. The van der Waals surface area contributed by atoms with Crippen LogP contribution in [0.5, 0.6) is 0 Å². The lowest BCUT2D eigenvalue weighted by Gasteiger charge is -2.30. The molecule has 0 aromatic heterocycles. The van der Waals surface area contributed by atoms with Crippen molar-refractivity contribution in [3.05, 3.63) is 34.6 Å². The smallest absolute Gasteiger partial charge is 0.254 e. The Morgan fingerprint density at radius 2 is 2.08 bits per heavy atom. The number of piperazine rings is 1. The number of benzene rings is 1. The number of halogens is 2. The Balaban J connectivity index is 2.09. The van der Waals surface area contributed by atoms with E-state index in [1.165, 1.54) is 24.1 Å². The van der Waals surface area contributed by atoms with E-state index in [9.17, 15) is 14.0 Å². The van der Waals surface area contributed by atoms with Crippen molar-refractivity contribution in [2.75, 3.05) is 53.0 Å². The summed E-state index contributed by atoms with van der Waals surface area (Å²) in [6, 6.07) is 3.77. The molecule has 1 aliphatic heterocycles. The molecule has 1 fully saturated rings. The van der Waals surface area contributed by atoms with Crippen molar-refractivity contribution >= 4 is 23.4 Å². The minimum Gasteiger partial charge on any atom is -0.383 e. The molecule has 0 bridgehead atoms. The third-order valence-electron chi connectivity index (χ3n) is 3.81. The van der Waals surface area contributed by atoms with Gasteiger partial charge in [0.15, 0.2) is 0 Å². The van der Waals surface area contributed by atoms with Gasteiger partial charge in [0.25, 0.3) is 5.91 Å². The molecule has 8 heteroatoms. The highest BCUT2D eigenvalue weighted by Crippen LogP contribution is 2.17. The first kappa shape index (κ1) is 18.6. The lowest BCUT2D eigenvalue weighted by molar-refractivity contribution is -0.132. The van der Waals surface area contributed by atoms with Crippen LogP contribution in [0.4, 0.5) is 4.39 Å². The predicted molar refractivity (Wildman–Crippen MR) is 88.6 cm³/mol. The van der Waals surface area contributed by atoms with Gasteiger partial charge in [0, 0.05) is 45.4 Å². The fourth-order valence-electron chi connectivity index (χ4n) is 2.44. The number of carbonyl (C=O) groups excluding carboxylic acids is 2. The molecule has 132 valence electrons. The molecule has 2 amide bonds. The number of nitrogens with zero attached hydrogens (tertiary/aromatic N) is 2. The van der Waals surface area contributed by atoms with Crippen molar-refractivity contribution in [1.82, 2.24) is 15.1 Å². The molecule has 0 unspecified atom stereocenters. The number of methoxy groups -OCH3 is 1. The normalized spacial score (nSPS) is 14.5. The highest BCUT2D eigenvalue weighted by atomic mass is 35.5. The van der Waals surface area contributed by atoms with Crippen LogP contribution < -0.4 is 5.32 Å². The summed E-state index contributed by atoms with van der Waals surface area (Å²) in [4.78, 5) is 28.2. The predicted octanol–water partition coefficient (Wildman–Crippen LogP) is 0.999. The van der Waals surface area contributed by atoms with Crippen molar-refractivity contribution in [2.45, 2.75) is 0 Å². The quantitative estimate of drug-likeness (QED) is 0.825. The maximum Gasteiger partial charge on any atom is 0.254 e. The van der Waals surface area contributed by atoms with E-state index >= 15 is 0 Å². The SMILES string of the molecule is COCCN(CC(=O)N1CCNCC1)C(=O)c1ccc(F)c(Cl)c1. The van der Waals surface area contributed by atoms with E-state index in [2.05, 4.69) is 5.32 Å². The first-order chi connectivity index (χ1) is 11.5. The van der Waals surface area contributed by atoms with Gasteiger partial charge in [-0.15, -0.1) is 0 Å². The molecule has 0 atom stereocenters. The van der Waals surface area contributed by atoms with Gasteiger partial charge in [-0.25, -0.2) is 4.39 Å². The average Bonchev–Trinajstić information content (AvgIpc) is 2.61. The molecule has 1 heterocycles. The van der Waals surface area contributed by atoms with Crippen LogP contribution in [0, 0.1) is 5.82 Å². The molecule has 0 spiro atoms. The van der Waals surface area contributed by atoms with Crippen LogP contribution in [0.15, 0.2) is 18.2 Å². The summed E-state index contributed by atoms with van der Waals surface area (Å²) in [6.07, 6.45) is 0. The second-order valence-electron chi connectivity index (χ2n) is 5.48. The van der Waals surface area contributed by atoms with Gasteiger partial charge in [0.1, 0.15) is 12.4 Å². The van der Waals surface area contributed by atoms with E-state index in [-0.39, 0.29) is 35.5 Å². The van der Waals surface area contributed by atoms with Crippen molar-refractivity contribution < 1.29 is 18.7 Å². The highest BCUT2D eigenvalue weighted by molar-refractivity contribution is 6.31. The molecule has 0 radical (unpaired) electrons. The van der Waals surface area contributed by atoms with Gasteiger partial charge in [-0.3, -0.25) is 9.59 Å². The number of carbonyl (C=O) groups is 2. The molecule has 6 nitrogen and oxygen atoms in total. The maximum atomic E-state index is 13.3. The summed E-state index contributed by atoms with van der Waals surface area (Å²) in [6.45, 7) is 3.24. The average molecular weight is 358 g/mol. The minimum absolute atomic E-state index is 0.0445. The second-order valence-corrected chi connectivity index (χ2v) is 5.89. The third-order valence-corrected chi connectivity index (χ3v) is 4.10. The zero-order valence-electron chi connectivity index (χ0n) is 13.6. The van der Waals surface area contributed by atoms with Gasteiger partial charge in [0.05, 0.1) is 11.6 Å². The molecular weight excluding hydrogens is 337 g/mol. The molecule has 1 saturated heterocycles. The van der Waals surface area contributed by atoms with Crippen LogP contribution in [0.25, 0.3) is 0 Å². The monoisotopic (exact) mass is 357 g/mol. The summed E-state index contributed by atoms with van der Waals surface area (Å²) < 4.78 is 18.3. The van der Waals surface area contributed by atoms with Crippen molar-refractivity contribution in [3.63, 3.8) is 0 Å². The number of amides is 2. The van der Waals surface area contributed by atoms with Crippen LogP contribution in [-0.2, 0) is 9.53 Å². The number of nitrogens with one attached hydrogen (secondary N) is 1. The van der Waals surface area contributed by atoms with Gasteiger partial charge < -0.3 is 19.9 Å². The highest BCUT2D eigenvalue weighted by Gasteiger charge is 2.23. The molecule has 0 saturated carbocycles. The molecule has 1 N–H and O–H groups in total. The summed E-state index contributed by atoms with van der Waals surface area (Å²) in [5.41, 5.74) is 0.241. The first-order valence-electron chi connectivity index (χ1n) is 7.74. The maximum absolute atomic E-state index is 13.3. The summed E-state index contributed by atoms with van der Waals surface area (Å²) in [7, 11) is 1.52. The van der Waals surface area contributed by atoms with E-state index in [0.29, 0.717) is 19.7 Å². The van der Waals surface area contributed by atoms with E-state index in [4.69, 9.17) is 16.3 Å². The molecule has 24 heavy (non-hydrogen) atoms. The second kappa shape index (κ2) is 8.96. The largest absolute Gasteiger partial charge is 0.383 e. The Morgan fingerprint density at radius 3 is 2.71 bits per heavy atom. The van der Waals surface area contributed by atoms with Crippen molar-refractivity contribution in [2.24, 2.45) is 0 Å². The molecule has 1 aliphatic rings. The van der Waals surface area contributed by atoms with Crippen molar-refractivity contribution in [3.8, 4) is 0 Å². The van der Waals surface area contributed by atoms with Crippen LogP contribution in [-0.4, -0.2) is 74.6 Å². The van der Waals surface area contributed by atoms with Gasteiger partial charge in [-0.2, -0.15) is 0 Å². The third kappa shape index (κ3) is 4.90. The zero-order valence-corrected chi connectivity index (χ0v) is 14.3.